The summed E-state index contributed by atoms with van der Waals surface area (Å²) in [5, 5.41) is 27.9. The minimum absolute atomic E-state index is 0.206. The summed E-state index contributed by atoms with van der Waals surface area (Å²) >= 11 is 3.80. The van der Waals surface area contributed by atoms with E-state index < -0.39 is 66.8 Å². The van der Waals surface area contributed by atoms with Crippen LogP contribution in [0.3, 0.4) is 0 Å². The van der Waals surface area contributed by atoms with Gasteiger partial charge >= 0.3 is 5.97 Å². The number of hydrogen-bond acceptors (Lipinski definition) is 8. The monoisotopic (exact) mass is 419 g/mol. The number of aliphatic hydroxyl groups excluding tert-OH is 1. The minimum atomic E-state index is -1.49. The van der Waals surface area contributed by atoms with E-state index in [2.05, 4.69) is 33.9 Å². The summed E-state index contributed by atoms with van der Waals surface area (Å²) in [6.45, 7) is -0.189. The van der Waals surface area contributed by atoms with Crippen LogP contribution in [0.4, 0.5) is 0 Å². The molecule has 0 spiro atoms. The highest BCUT2D eigenvalue weighted by Gasteiger charge is 2.31. The molecule has 0 aromatic heterocycles. The summed E-state index contributed by atoms with van der Waals surface area (Å²) in [6, 6.07) is -4.68. The molecule has 28 heavy (non-hydrogen) atoms. The van der Waals surface area contributed by atoms with Gasteiger partial charge in [0.15, 0.2) is 0 Å². The molecule has 4 unspecified atom stereocenters. The molecule has 13 heteroatoms. The fourth-order valence-corrected chi connectivity index (χ4v) is 2.76. The lowest BCUT2D eigenvalue weighted by molar-refractivity contribution is -0.142. The Hall–Kier alpha value is -2.38. The van der Waals surface area contributed by atoms with Gasteiger partial charge in [0.05, 0.1) is 19.1 Å². The van der Waals surface area contributed by atoms with Gasteiger partial charge < -0.3 is 37.2 Å². The van der Waals surface area contributed by atoms with Crippen LogP contribution >= 0.6 is 12.6 Å². The molecule has 1 aliphatic rings. The highest BCUT2D eigenvalue weighted by molar-refractivity contribution is 7.80. The third kappa shape index (κ3) is 7.32. The quantitative estimate of drug-likeness (QED) is 0.155. The number of carbonyl (C=O) groups excluding carboxylic acids is 4. The molecule has 8 N–H and O–H groups in total. The highest BCUT2D eigenvalue weighted by atomic mass is 32.1. The number of carbonyl (C=O) groups is 5. The van der Waals surface area contributed by atoms with Crippen molar-refractivity contribution in [2.75, 3.05) is 18.9 Å². The molecule has 1 rings (SSSR count). The van der Waals surface area contributed by atoms with E-state index in [4.69, 9.17) is 10.8 Å². The van der Waals surface area contributed by atoms with Crippen molar-refractivity contribution >= 4 is 42.2 Å². The number of hydrogen-bond donors (Lipinski definition) is 8. The van der Waals surface area contributed by atoms with Crippen LogP contribution in [0.1, 0.15) is 19.3 Å². The molecule has 0 aromatic rings. The van der Waals surface area contributed by atoms with E-state index in [1.165, 1.54) is 0 Å². The Morgan fingerprint density at radius 2 is 1.68 bits per heavy atom. The molecular weight excluding hydrogens is 394 g/mol. The van der Waals surface area contributed by atoms with Crippen LogP contribution in [0.15, 0.2) is 0 Å². The van der Waals surface area contributed by atoms with Crippen molar-refractivity contribution in [3.05, 3.63) is 0 Å². The third-order valence-electron chi connectivity index (χ3n) is 4.03. The molecule has 158 valence electrons. The van der Waals surface area contributed by atoms with E-state index in [9.17, 15) is 29.1 Å². The molecule has 0 aliphatic carbocycles. The predicted molar refractivity (Wildman–Crippen MR) is 99.2 cm³/mol. The zero-order chi connectivity index (χ0) is 21.3. The van der Waals surface area contributed by atoms with E-state index in [0.29, 0.717) is 13.0 Å². The number of amides is 4. The molecule has 0 saturated carbocycles. The van der Waals surface area contributed by atoms with E-state index in [-0.39, 0.29) is 5.75 Å². The molecule has 1 saturated heterocycles. The number of nitrogens with one attached hydrogen (secondary N) is 4. The lowest BCUT2D eigenvalue weighted by Gasteiger charge is -2.23. The van der Waals surface area contributed by atoms with Gasteiger partial charge in [-0.25, -0.2) is 4.79 Å². The Morgan fingerprint density at radius 1 is 1.07 bits per heavy atom. The SMILES string of the molecule is NC(=O)CC(NC(=O)C1CCCN1)C(=O)NC(CO)C(=O)NC(CS)C(=O)O. The van der Waals surface area contributed by atoms with Gasteiger partial charge in [0.1, 0.15) is 18.1 Å². The Kier molecular flexibility index (Phi) is 9.68. The molecule has 0 aromatic carbocycles. The highest BCUT2D eigenvalue weighted by Crippen LogP contribution is 2.06. The Balaban J connectivity index is 2.76. The van der Waals surface area contributed by atoms with Gasteiger partial charge in [-0.15, -0.1) is 0 Å². The summed E-state index contributed by atoms with van der Waals surface area (Å²) in [6.07, 6.45) is 0.838. The fourth-order valence-electron chi connectivity index (χ4n) is 2.52. The zero-order valence-electron chi connectivity index (χ0n) is 15.0. The first-order valence-electron chi connectivity index (χ1n) is 8.56. The lowest BCUT2D eigenvalue weighted by Crippen LogP contribution is -2.58. The van der Waals surface area contributed by atoms with Gasteiger partial charge in [0.2, 0.25) is 23.6 Å². The number of thiol groups is 1. The largest absolute Gasteiger partial charge is 0.480 e. The van der Waals surface area contributed by atoms with Crippen LogP contribution in [0, 0.1) is 0 Å². The van der Waals surface area contributed by atoms with Gasteiger partial charge in [0.25, 0.3) is 0 Å². The number of carboxylic acid groups (broad SMARTS) is 1. The van der Waals surface area contributed by atoms with Crippen molar-refractivity contribution in [3.8, 4) is 0 Å². The average molecular weight is 419 g/mol. The number of carboxylic acids is 1. The minimum Gasteiger partial charge on any atom is -0.480 e. The normalized spacial score (nSPS) is 19.1. The maximum absolute atomic E-state index is 12.4. The number of nitrogens with two attached hydrogens (primary N) is 1. The standard InChI is InChI=1S/C15H25N5O7S/c16-11(22)4-8(18-12(23)7-2-1-3-17-7)13(24)19-9(5-21)14(25)20-10(6-28)15(26)27/h7-10,17,21,28H,1-6H2,(H2,16,22)(H,18,23)(H,19,24)(H,20,25)(H,26,27). The van der Waals surface area contributed by atoms with Gasteiger partial charge in [-0.2, -0.15) is 12.6 Å². The Bertz CT molecular complexity index is 612. The Labute approximate surface area is 166 Å². The first-order valence-corrected chi connectivity index (χ1v) is 9.20. The number of aliphatic hydroxyl groups is 1. The van der Waals surface area contributed by atoms with Crippen LogP contribution < -0.4 is 27.0 Å². The van der Waals surface area contributed by atoms with E-state index in [0.717, 1.165) is 6.42 Å². The van der Waals surface area contributed by atoms with Gasteiger partial charge in [0, 0.05) is 5.75 Å². The maximum Gasteiger partial charge on any atom is 0.327 e. The second-order valence-electron chi connectivity index (χ2n) is 6.21. The molecule has 12 nitrogen and oxygen atoms in total. The number of primary amides is 1. The first-order chi connectivity index (χ1) is 13.2. The first kappa shape index (κ1) is 23.7. The topological polar surface area (TPSA) is 200 Å². The molecule has 4 amide bonds. The third-order valence-corrected chi connectivity index (χ3v) is 4.39. The van der Waals surface area contributed by atoms with Crippen LogP contribution in [0.5, 0.6) is 0 Å². The molecule has 1 heterocycles. The molecule has 1 fully saturated rings. The maximum atomic E-state index is 12.4. The molecule has 0 bridgehead atoms. The van der Waals surface area contributed by atoms with Crippen LogP contribution in [0.2, 0.25) is 0 Å². The van der Waals surface area contributed by atoms with Gasteiger partial charge in [-0.05, 0) is 19.4 Å². The smallest absolute Gasteiger partial charge is 0.327 e. The van der Waals surface area contributed by atoms with Crippen molar-refractivity contribution in [2.24, 2.45) is 5.73 Å². The average Bonchev–Trinajstić information content (AvgIpc) is 3.17. The summed E-state index contributed by atoms with van der Waals surface area (Å²) in [5.74, 6) is -4.77. The summed E-state index contributed by atoms with van der Waals surface area (Å²) in [4.78, 5) is 58.9. The van der Waals surface area contributed by atoms with Crippen molar-refractivity contribution < 1.29 is 34.2 Å². The molecule has 4 atom stereocenters. The number of aliphatic carboxylic acids is 1. The second kappa shape index (κ2) is 11.5. The summed E-state index contributed by atoms with van der Waals surface area (Å²) in [5.41, 5.74) is 5.11. The summed E-state index contributed by atoms with van der Waals surface area (Å²) < 4.78 is 0. The summed E-state index contributed by atoms with van der Waals surface area (Å²) in [7, 11) is 0. The van der Waals surface area contributed by atoms with Crippen LogP contribution in [-0.2, 0) is 24.0 Å². The second-order valence-corrected chi connectivity index (χ2v) is 6.57. The van der Waals surface area contributed by atoms with E-state index in [1.54, 1.807) is 0 Å². The molecular formula is C15H25N5O7S. The fraction of sp³-hybridized carbons (Fsp3) is 0.667. The van der Waals surface area contributed by atoms with Crippen molar-refractivity contribution in [1.82, 2.24) is 21.3 Å². The predicted octanol–water partition coefficient (Wildman–Crippen LogP) is -3.93. The van der Waals surface area contributed by atoms with E-state index in [1.807, 2.05) is 0 Å². The van der Waals surface area contributed by atoms with Crippen LogP contribution in [-0.4, -0.2) is 82.9 Å². The zero-order valence-corrected chi connectivity index (χ0v) is 15.9. The van der Waals surface area contributed by atoms with Gasteiger partial charge in [-0.1, -0.05) is 0 Å². The van der Waals surface area contributed by atoms with Crippen molar-refractivity contribution in [1.29, 1.82) is 0 Å². The van der Waals surface area contributed by atoms with E-state index >= 15 is 0 Å². The van der Waals surface area contributed by atoms with Crippen LogP contribution in [0.25, 0.3) is 0 Å². The molecule has 1 aliphatic heterocycles. The lowest BCUT2D eigenvalue weighted by atomic mass is 10.1. The van der Waals surface area contributed by atoms with Crippen molar-refractivity contribution in [2.45, 2.75) is 43.4 Å². The van der Waals surface area contributed by atoms with Gasteiger partial charge in [-0.3, -0.25) is 19.2 Å². The molecule has 0 radical (unpaired) electrons. The van der Waals surface area contributed by atoms with Crippen molar-refractivity contribution in [3.63, 3.8) is 0 Å². The Morgan fingerprint density at radius 3 is 2.14 bits per heavy atom. The number of rotatable bonds is 11.